The molecule has 0 N–H and O–H groups in total. The Morgan fingerprint density at radius 2 is 2.00 bits per heavy atom. The molecule has 0 saturated carbocycles. The summed E-state index contributed by atoms with van der Waals surface area (Å²) < 4.78 is 22.9. The fourth-order valence-electron chi connectivity index (χ4n) is 2.36. The molecule has 0 amide bonds. The summed E-state index contributed by atoms with van der Waals surface area (Å²) in [5.41, 5.74) is 0.641. The number of ketones is 1. The quantitative estimate of drug-likeness (QED) is 0.780. The number of carbonyl (C=O) groups excluding carboxylic acids is 1. The monoisotopic (exact) mass is 315 g/mol. The molecule has 1 fully saturated rings. The lowest BCUT2D eigenvalue weighted by atomic mass is 10.1. The summed E-state index contributed by atoms with van der Waals surface area (Å²) in [5, 5.41) is 0.606. The Morgan fingerprint density at radius 1 is 1.35 bits per heavy atom. The number of halogens is 1. The highest BCUT2D eigenvalue weighted by molar-refractivity contribution is 7.91. The Kier molecular flexibility index (Phi) is 4.83. The van der Waals surface area contributed by atoms with Crippen LogP contribution in [0.2, 0.25) is 5.02 Å². The van der Waals surface area contributed by atoms with Gasteiger partial charge in [-0.1, -0.05) is 11.6 Å². The Hall–Kier alpha value is -0.910. The number of nitrogens with zero attached hydrogens (tertiary/aromatic N) is 1. The molecule has 1 heterocycles. The molecular formula is C14H18ClNO3S. The van der Waals surface area contributed by atoms with Gasteiger partial charge in [-0.2, -0.15) is 0 Å². The van der Waals surface area contributed by atoms with E-state index in [-0.39, 0.29) is 23.3 Å². The Balaban J connectivity index is 1.86. The molecule has 1 aliphatic rings. The number of rotatable bonds is 5. The zero-order valence-corrected chi connectivity index (χ0v) is 13.0. The minimum Gasteiger partial charge on any atom is -0.302 e. The van der Waals surface area contributed by atoms with Gasteiger partial charge in [0.25, 0.3) is 0 Å². The van der Waals surface area contributed by atoms with Crippen molar-refractivity contribution < 1.29 is 13.2 Å². The van der Waals surface area contributed by atoms with Crippen molar-refractivity contribution in [3.8, 4) is 0 Å². The van der Waals surface area contributed by atoms with Gasteiger partial charge in [0, 0.05) is 29.6 Å². The van der Waals surface area contributed by atoms with E-state index in [1.807, 2.05) is 11.9 Å². The number of carbonyl (C=O) groups is 1. The third-order valence-electron chi connectivity index (χ3n) is 3.69. The van der Waals surface area contributed by atoms with E-state index in [0.29, 0.717) is 30.0 Å². The van der Waals surface area contributed by atoms with Crippen molar-refractivity contribution in [1.82, 2.24) is 4.90 Å². The maximum Gasteiger partial charge on any atom is 0.164 e. The minimum atomic E-state index is -2.88. The first-order valence-electron chi connectivity index (χ1n) is 6.57. The van der Waals surface area contributed by atoms with Gasteiger partial charge < -0.3 is 4.90 Å². The first-order chi connectivity index (χ1) is 9.37. The Labute approximate surface area is 124 Å². The normalized spacial score (nSPS) is 21.2. The SMILES string of the molecule is CN(CCC(=O)c1ccc(Cl)cc1)C1CCS(=O)(=O)C1. The first kappa shape index (κ1) is 15.5. The lowest BCUT2D eigenvalue weighted by molar-refractivity contribution is 0.0963. The zero-order valence-electron chi connectivity index (χ0n) is 11.4. The molecule has 1 atom stereocenters. The van der Waals surface area contributed by atoms with Crippen LogP contribution in [0.15, 0.2) is 24.3 Å². The summed E-state index contributed by atoms with van der Waals surface area (Å²) in [4.78, 5) is 14.0. The van der Waals surface area contributed by atoms with Gasteiger partial charge in [-0.15, -0.1) is 0 Å². The number of hydrogen-bond donors (Lipinski definition) is 0. The van der Waals surface area contributed by atoms with Crippen LogP contribution in [0.25, 0.3) is 0 Å². The maximum atomic E-state index is 12.0. The molecule has 0 radical (unpaired) electrons. The standard InChI is InChI=1S/C14H18ClNO3S/c1-16(13-7-9-20(18,19)10-13)8-6-14(17)11-2-4-12(15)5-3-11/h2-5,13H,6-10H2,1H3. The van der Waals surface area contributed by atoms with Gasteiger partial charge in [0.15, 0.2) is 15.6 Å². The van der Waals surface area contributed by atoms with Crippen molar-refractivity contribution in [1.29, 1.82) is 0 Å². The van der Waals surface area contributed by atoms with Crippen LogP contribution in [0.4, 0.5) is 0 Å². The van der Waals surface area contributed by atoms with Gasteiger partial charge in [0.1, 0.15) is 0 Å². The highest BCUT2D eigenvalue weighted by Crippen LogP contribution is 2.17. The largest absolute Gasteiger partial charge is 0.302 e. The molecule has 20 heavy (non-hydrogen) atoms. The van der Waals surface area contributed by atoms with Crippen molar-refractivity contribution in [2.24, 2.45) is 0 Å². The van der Waals surface area contributed by atoms with E-state index in [0.717, 1.165) is 0 Å². The molecule has 0 aliphatic carbocycles. The lowest BCUT2D eigenvalue weighted by Gasteiger charge is -2.22. The molecule has 2 rings (SSSR count). The third kappa shape index (κ3) is 4.04. The predicted molar refractivity (Wildman–Crippen MR) is 80.1 cm³/mol. The van der Waals surface area contributed by atoms with Gasteiger partial charge in [0.05, 0.1) is 11.5 Å². The molecule has 1 aromatic carbocycles. The summed E-state index contributed by atoms with van der Waals surface area (Å²) >= 11 is 5.78. The summed E-state index contributed by atoms with van der Waals surface area (Å²) in [7, 11) is -1.00. The highest BCUT2D eigenvalue weighted by atomic mass is 35.5. The molecule has 1 unspecified atom stereocenters. The smallest absolute Gasteiger partial charge is 0.164 e. The van der Waals surface area contributed by atoms with Crippen LogP contribution in [0.3, 0.4) is 0 Å². The molecule has 110 valence electrons. The zero-order chi connectivity index (χ0) is 14.8. The van der Waals surface area contributed by atoms with Gasteiger partial charge in [-0.05, 0) is 37.7 Å². The van der Waals surface area contributed by atoms with Crippen molar-refractivity contribution in [3.63, 3.8) is 0 Å². The van der Waals surface area contributed by atoms with E-state index in [1.54, 1.807) is 24.3 Å². The second kappa shape index (κ2) is 6.24. The van der Waals surface area contributed by atoms with E-state index in [1.165, 1.54) is 0 Å². The second-order valence-corrected chi connectivity index (χ2v) is 7.88. The Morgan fingerprint density at radius 3 is 2.55 bits per heavy atom. The first-order valence-corrected chi connectivity index (χ1v) is 8.77. The van der Waals surface area contributed by atoms with Gasteiger partial charge in [0.2, 0.25) is 0 Å². The van der Waals surface area contributed by atoms with E-state index < -0.39 is 9.84 Å². The predicted octanol–water partition coefficient (Wildman–Crippen LogP) is 2.03. The van der Waals surface area contributed by atoms with Gasteiger partial charge in [-0.25, -0.2) is 8.42 Å². The highest BCUT2D eigenvalue weighted by Gasteiger charge is 2.30. The van der Waals surface area contributed by atoms with Crippen molar-refractivity contribution in [2.45, 2.75) is 18.9 Å². The van der Waals surface area contributed by atoms with E-state index in [9.17, 15) is 13.2 Å². The molecule has 4 nitrogen and oxygen atoms in total. The fraction of sp³-hybridized carbons (Fsp3) is 0.500. The second-order valence-electron chi connectivity index (χ2n) is 5.22. The summed E-state index contributed by atoms with van der Waals surface area (Å²) in [6.45, 7) is 0.571. The topological polar surface area (TPSA) is 54.5 Å². The fourth-order valence-corrected chi connectivity index (χ4v) is 4.29. The lowest BCUT2D eigenvalue weighted by Crippen LogP contribution is -2.34. The molecule has 0 aromatic heterocycles. The number of hydrogen-bond acceptors (Lipinski definition) is 4. The van der Waals surface area contributed by atoms with Crippen LogP contribution < -0.4 is 0 Å². The average molecular weight is 316 g/mol. The maximum absolute atomic E-state index is 12.0. The molecule has 1 saturated heterocycles. The van der Waals surface area contributed by atoms with Gasteiger partial charge in [-0.3, -0.25) is 4.79 Å². The molecule has 6 heteroatoms. The van der Waals surface area contributed by atoms with Crippen molar-refractivity contribution >= 4 is 27.2 Å². The van der Waals surface area contributed by atoms with Gasteiger partial charge >= 0.3 is 0 Å². The summed E-state index contributed by atoms with van der Waals surface area (Å²) in [6, 6.07) is 6.86. The van der Waals surface area contributed by atoms with Crippen LogP contribution in [0, 0.1) is 0 Å². The molecule has 1 aliphatic heterocycles. The van der Waals surface area contributed by atoms with Crippen molar-refractivity contribution in [3.05, 3.63) is 34.9 Å². The van der Waals surface area contributed by atoms with E-state index in [2.05, 4.69) is 0 Å². The number of benzene rings is 1. The van der Waals surface area contributed by atoms with Crippen LogP contribution in [0.1, 0.15) is 23.2 Å². The molecular weight excluding hydrogens is 298 g/mol. The van der Waals surface area contributed by atoms with E-state index >= 15 is 0 Å². The molecule has 1 aromatic rings. The Bertz CT molecular complexity index is 583. The third-order valence-corrected chi connectivity index (χ3v) is 5.69. The van der Waals surface area contributed by atoms with Crippen LogP contribution in [0.5, 0.6) is 0 Å². The van der Waals surface area contributed by atoms with Crippen LogP contribution >= 0.6 is 11.6 Å². The number of sulfone groups is 1. The average Bonchev–Trinajstić information content (AvgIpc) is 2.77. The molecule has 0 bridgehead atoms. The van der Waals surface area contributed by atoms with Crippen LogP contribution in [-0.2, 0) is 9.84 Å². The number of Topliss-reactive ketones (excluding diaryl/α,β-unsaturated/α-hetero) is 1. The van der Waals surface area contributed by atoms with E-state index in [4.69, 9.17) is 11.6 Å². The minimum absolute atomic E-state index is 0.0398. The van der Waals surface area contributed by atoms with Crippen LogP contribution in [-0.4, -0.2) is 50.2 Å². The molecule has 0 spiro atoms. The summed E-state index contributed by atoms with van der Waals surface area (Å²) in [5.74, 6) is 0.514. The van der Waals surface area contributed by atoms with Crippen molar-refractivity contribution in [2.75, 3.05) is 25.1 Å². The summed E-state index contributed by atoms with van der Waals surface area (Å²) in [6.07, 6.45) is 1.04.